The molecule has 0 spiro atoms. The van der Waals surface area contributed by atoms with Gasteiger partial charge in [0, 0.05) is 23.0 Å². The summed E-state index contributed by atoms with van der Waals surface area (Å²) in [7, 11) is -1.76. The Balaban J connectivity index is 0.000000157. The summed E-state index contributed by atoms with van der Waals surface area (Å²) < 4.78 is 11.5. The summed E-state index contributed by atoms with van der Waals surface area (Å²) in [5.41, 5.74) is 22.6. The zero-order valence-corrected chi connectivity index (χ0v) is 28.6. The molecule has 252 valence electrons. The van der Waals surface area contributed by atoms with Gasteiger partial charge in [-0.1, -0.05) is 76.2 Å². The molecule has 8 rings (SSSR count). The minimum absolute atomic E-state index is 0.0484. The van der Waals surface area contributed by atoms with Gasteiger partial charge in [0.15, 0.2) is 0 Å². The Bertz CT molecular complexity index is 2040. The molecule has 0 aliphatic carbocycles. The maximum Gasteiger partial charge on any atom is 0.491 e. The van der Waals surface area contributed by atoms with Crippen molar-refractivity contribution in [2.45, 2.75) is 52.7 Å². The lowest BCUT2D eigenvalue weighted by Crippen LogP contribution is -2.47. The normalized spacial score (nSPS) is 17.1. The van der Waals surface area contributed by atoms with E-state index in [1.54, 1.807) is 12.4 Å². The van der Waals surface area contributed by atoms with Crippen LogP contribution in [-0.4, -0.2) is 56.9 Å². The predicted octanol–water partition coefficient (Wildman–Crippen LogP) is 4.33. The summed E-state index contributed by atoms with van der Waals surface area (Å²) in [5, 5.41) is 38.7. The number of fused-ring (bicyclic) bond motifs is 4. The highest BCUT2D eigenvalue weighted by molar-refractivity contribution is 6.61. The number of hydrogen-bond donors (Lipinski definition) is 4. The first-order valence-corrected chi connectivity index (χ1v) is 17.0. The lowest BCUT2D eigenvalue weighted by molar-refractivity contribution is 0.122. The Hall–Kier alpha value is -4.87. The number of aromatic nitrogens is 4. The predicted molar refractivity (Wildman–Crippen MR) is 201 cm³/mol. The molecular weight excluding hydrogens is 626 g/mol. The standard InChI is InChI=1S/2C19H20BN3O2/c2*1-11(2)19-9-14-4-3-12(7-16(14)20(24)25-19)13-5-6-15-17(21)10-22-23-18(15)8-13/h2*3-8,10-11,19,24H,9H2,1-2H3,(H2,21,23). The first-order chi connectivity index (χ1) is 24.0. The van der Waals surface area contributed by atoms with Gasteiger partial charge in [-0.15, -0.1) is 0 Å². The highest BCUT2D eigenvalue weighted by atomic mass is 16.5. The van der Waals surface area contributed by atoms with Crippen LogP contribution in [0.4, 0.5) is 11.4 Å². The molecular formula is C38H40B2N6O4. The van der Waals surface area contributed by atoms with Gasteiger partial charge in [0.1, 0.15) is 0 Å². The van der Waals surface area contributed by atoms with Crippen LogP contribution in [0.5, 0.6) is 0 Å². The van der Waals surface area contributed by atoms with E-state index in [-0.39, 0.29) is 12.2 Å². The topological polar surface area (TPSA) is 163 Å². The van der Waals surface area contributed by atoms with E-state index in [0.29, 0.717) is 23.2 Å². The van der Waals surface area contributed by atoms with Crippen molar-refractivity contribution >= 4 is 58.3 Å². The molecule has 50 heavy (non-hydrogen) atoms. The summed E-state index contributed by atoms with van der Waals surface area (Å²) >= 11 is 0. The third kappa shape index (κ3) is 6.67. The summed E-state index contributed by atoms with van der Waals surface area (Å²) in [6, 6.07) is 24.2. The van der Waals surface area contributed by atoms with Crippen LogP contribution in [0.2, 0.25) is 0 Å². The van der Waals surface area contributed by atoms with Crippen LogP contribution in [0.1, 0.15) is 38.8 Å². The number of rotatable bonds is 4. The second-order valence-electron chi connectivity index (χ2n) is 13.8. The first kappa shape index (κ1) is 33.6. The highest BCUT2D eigenvalue weighted by Gasteiger charge is 2.33. The van der Waals surface area contributed by atoms with Gasteiger partial charge < -0.3 is 30.8 Å². The molecule has 4 aromatic carbocycles. The molecule has 2 aliphatic rings. The Morgan fingerprint density at radius 1 is 0.600 bits per heavy atom. The fraction of sp³-hybridized carbons (Fsp3) is 0.263. The second-order valence-corrected chi connectivity index (χ2v) is 13.8. The van der Waals surface area contributed by atoms with Crippen LogP contribution in [0, 0.1) is 11.8 Å². The quantitative estimate of drug-likeness (QED) is 0.199. The van der Waals surface area contributed by atoms with E-state index in [4.69, 9.17) is 20.8 Å². The van der Waals surface area contributed by atoms with Gasteiger partial charge in [0.25, 0.3) is 0 Å². The fourth-order valence-corrected chi connectivity index (χ4v) is 6.70. The largest absolute Gasteiger partial charge is 0.491 e. The van der Waals surface area contributed by atoms with Crippen LogP contribution < -0.4 is 22.4 Å². The van der Waals surface area contributed by atoms with Crippen LogP contribution in [0.25, 0.3) is 44.1 Å². The molecule has 4 heterocycles. The number of nitrogens with zero attached hydrogens (tertiary/aromatic N) is 4. The van der Waals surface area contributed by atoms with Crippen molar-refractivity contribution in [3.05, 3.63) is 96.3 Å². The molecule has 2 aliphatic heterocycles. The average Bonchev–Trinajstić information content (AvgIpc) is 3.11. The number of nitrogens with two attached hydrogens (primary N) is 2. The summed E-state index contributed by atoms with van der Waals surface area (Å²) in [4.78, 5) is 0. The Morgan fingerprint density at radius 3 is 1.38 bits per heavy atom. The molecule has 10 nitrogen and oxygen atoms in total. The SMILES string of the molecule is CC(C)C1Cc2ccc(-c3ccc4c(N)cnnc4c3)cc2B(O)O1.CC(C)C1Cc2ccc(-c3ccc4c(N)cnnc4c3)cc2B(O)O1. The van der Waals surface area contributed by atoms with Gasteiger partial charge in [0.2, 0.25) is 0 Å². The summed E-state index contributed by atoms with van der Waals surface area (Å²) in [6.07, 6.45) is 4.85. The molecule has 6 N–H and O–H groups in total. The zero-order chi connectivity index (χ0) is 35.1. The van der Waals surface area contributed by atoms with Gasteiger partial charge >= 0.3 is 14.2 Å². The maximum atomic E-state index is 10.4. The van der Waals surface area contributed by atoms with E-state index in [2.05, 4.69) is 72.4 Å². The molecule has 0 saturated heterocycles. The lowest BCUT2D eigenvalue weighted by Gasteiger charge is -2.30. The second kappa shape index (κ2) is 13.8. The molecule has 0 bridgehead atoms. The van der Waals surface area contributed by atoms with Crippen molar-refractivity contribution in [1.29, 1.82) is 0 Å². The van der Waals surface area contributed by atoms with Crippen molar-refractivity contribution in [3.63, 3.8) is 0 Å². The third-order valence-electron chi connectivity index (χ3n) is 9.77. The van der Waals surface area contributed by atoms with E-state index >= 15 is 0 Å². The van der Waals surface area contributed by atoms with E-state index in [9.17, 15) is 10.0 Å². The monoisotopic (exact) mass is 666 g/mol. The molecule has 0 saturated carbocycles. The first-order valence-electron chi connectivity index (χ1n) is 17.0. The number of benzene rings is 4. The zero-order valence-electron chi connectivity index (χ0n) is 28.6. The minimum Gasteiger partial charge on any atom is -0.423 e. The molecule has 2 atom stereocenters. The van der Waals surface area contributed by atoms with Crippen molar-refractivity contribution in [3.8, 4) is 22.3 Å². The van der Waals surface area contributed by atoms with Crippen molar-refractivity contribution < 1.29 is 19.4 Å². The van der Waals surface area contributed by atoms with Crippen molar-refractivity contribution in [2.24, 2.45) is 11.8 Å². The smallest absolute Gasteiger partial charge is 0.423 e. The van der Waals surface area contributed by atoms with Gasteiger partial charge in [-0.25, -0.2) is 0 Å². The third-order valence-corrected chi connectivity index (χ3v) is 9.77. The molecule has 0 radical (unpaired) electrons. The molecule has 2 unspecified atom stereocenters. The van der Waals surface area contributed by atoms with Crippen LogP contribution in [-0.2, 0) is 22.2 Å². The van der Waals surface area contributed by atoms with Gasteiger partial charge in [-0.3, -0.25) is 0 Å². The molecule has 2 aromatic heterocycles. The molecule has 6 aromatic rings. The Morgan fingerprint density at radius 2 is 0.980 bits per heavy atom. The van der Waals surface area contributed by atoms with E-state index in [1.165, 1.54) is 0 Å². The van der Waals surface area contributed by atoms with Crippen LogP contribution in [0.3, 0.4) is 0 Å². The van der Waals surface area contributed by atoms with E-state index in [0.717, 1.165) is 79.0 Å². The van der Waals surface area contributed by atoms with Crippen LogP contribution in [0.15, 0.2) is 85.2 Å². The molecule has 0 fully saturated rings. The van der Waals surface area contributed by atoms with Crippen LogP contribution >= 0.6 is 0 Å². The number of hydrogen-bond acceptors (Lipinski definition) is 10. The Labute approximate surface area is 292 Å². The van der Waals surface area contributed by atoms with Crippen molar-refractivity contribution in [1.82, 2.24) is 20.4 Å². The number of nitrogen functional groups attached to an aromatic ring is 2. The van der Waals surface area contributed by atoms with Gasteiger partial charge in [-0.05, 0) is 93.2 Å². The van der Waals surface area contributed by atoms with Gasteiger partial charge in [0.05, 0.1) is 34.8 Å². The Kier molecular flexibility index (Phi) is 9.28. The van der Waals surface area contributed by atoms with Gasteiger partial charge in [-0.2, -0.15) is 20.4 Å². The summed E-state index contributed by atoms with van der Waals surface area (Å²) in [6.45, 7) is 8.44. The van der Waals surface area contributed by atoms with E-state index < -0.39 is 14.2 Å². The average molecular weight is 666 g/mol. The number of anilines is 2. The minimum atomic E-state index is -0.882. The lowest BCUT2D eigenvalue weighted by atomic mass is 9.70. The highest BCUT2D eigenvalue weighted by Crippen LogP contribution is 2.29. The molecule has 0 amide bonds. The fourth-order valence-electron chi connectivity index (χ4n) is 6.70. The summed E-state index contributed by atoms with van der Waals surface area (Å²) in [5.74, 6) is 0.735. The van der Waals surface area contributed by atoms with Crippen molar-refractivity contribution in [2.75, 3.05) is 11.5 Å². The maximum absolute atomic E-state index is 10.4. The molecule has 12 heteroatoms. The van der Waals surface area contributed by atoms with E-state index in [1.807, 2.05) is 48.5 Å².